The molecule has 0 amide bonds. The van der Waals surface area contributed by atoms with Gasteiger partial charge in [-0.15, -0.1) is 0 Å². The molecular weight excluding hydrogens is 243 g/mol. The van der Waals surface area contributed by atoms with Crippen molar-refractivity contribution in [3.63, 3.8) is 0 Å². The molecule has 0 aliphatic carbocycles. The maximum Gasteiger partial charge on any atom is 0.129 e. The van der Waals surface area contributed by atoms with E-state index in [2.05, 4.69) is 0 Å². The maximum atomic E-state index is 13.7. The van der Waals surface area contributed by atoms with Gasteiger partial charge in [0.2, 0.25) is 0 Å². The van der Waals surface area contributed by atoms with E-state index in [4.69, 9.17) is 4.74 Å². The minimum absolute atomic E-state index is 0.287. The van der Waals surface area contributed by atoms with Gasteiger partial charge in [0, 0.05) is 5.56 Å². The van der Waals surface area contributed by atoms with Gasteiger partial charge in [-0.2, -0.15) is 0 Å². The molecule has 0 fully saturated rings. The highest BCUT2D eigenvalue weighted by atomic mass is 19.1. The van der Waals surface area contributed by atoms with Crippen LogP contribution in [0.1, 0.15) is 28.4 Å². The first kappa shape index (κ1) is 13.6. The Morgan fingerprint density at radius 1 is 1.05 bits per heavy atom. The number of aliphatic hydroxyl groups is 1. The molecule has 0 radical (unpaired) electrons. The standard InChI is InChI=1S/C16H17FO2/c1-10-9-15(19-3)11(2)8-13(10)16(18)12-6-4-5-7-14(12)17/h4-9,16,18H,1-3H3. The molecule has 0 saturated heterocycles. The number of aliphatic hydroxyl groups excluding tert-OH is 1. The molecule has 3 heteroatoms. The monoisotopic (exact) mass is 260 g/mol. The molecule has 0 bridgehead atoms. The molecule has 0 aliphatic heterocycles. The highest BCUT2D eigenvalue weighted by molar-refractivity contribution is 5.45. The second-order valence-corrected chi connectivity index (χ2v) is 4.60. The first-order valence-corrected chi connectivity index (χ1v) is 6.12. The van der Waals surface area contributed by atoms with Crippen LogP contribution in [0.25, 0.3) is 0 Å². The summed E-state index contributed by atoms with van der Waals surface area (Å²) in [5, 5.41) is 10.4. The van der Waals surface area contributed by atoms with Crippen molar-refractivity contribution in [2.24, 2.45) is 0 Å². The van der Waals surface area contributed by atoms with Crippen LogP contribution in [0, 0.1) is 19.7 Å². The summed E-state index contributed by atoms with van der Waals surface area (Å²) in [7, 11) is 1.61. The predicted octanol–water partition coefficient (Wildman–Crippen LogP) is 3.53. The molecule has 2 nitrogen and oxygen atoms in total. The third-order valence-electron chi connectivity index (χ3n) is 3.28. The Kier molecular flexibility index (Phi) is 3.86. The van der Waals surface area contributed by atoms with Crippen LogP contribution >= 0.6 is 0 Å². The van der Waals surface area contributed by atoms with Crippen molar-refractivity contribution in [3.05, 3.63) is 64.5 Å². The summed E-state index contributed by atoms with van der Waals surface area (Å²) in [4.78, 5) is 0. The predicted molar refractivity (Wildman–Crippen MR) is 72.9 cm³/mol. The van der Waals surface area contributed by atoms with E-state index in [0.29, 0.717) is 5.56 Å². The normalized spacial score (nSPS) is 12.3. The summed E-state index contributed by atoms with van der Waals surface area (Å²) in [6, 6.07) is 9.97. The van der Waals surface area contributed by atoms with Crippen molar-refractivity contribution in [1.29, 1.82) is 0 Å². The van der Waals surface area contributed by atoms with E-state index < -0.39 is 11.9 Å². The number of aryl methyl sites for hydroxylation is 2. The largest absolute Gasteiger partial charge is 0.496 e. The molecule has 2 rings (SSSR count). The summed E-state index contributed by atoms with van der Waals surface area (Å²) < 4.78 is 19.0. The van der Waals surface area contributed by atoms with Gasteiger partial charge in [0.15, 0.2) is 0 Å². The number of halogens is 1. The average Bonchev–Trinajstić information content (AvgIpc) is 2.40. The van der Waals surface area contributed by atoms with Crippen molar-refractivity contribution < 1.29 is 14.2 Å². The zero-order chi connectivity index (χ0) is 14.0. The summed E-state index contributed by atoms with van der Waals surface area (Å²) >= 11 is 0. The summed E-state index contributed by atoms with van der Waals surface area (Å²) in [5.41, 5.74) is 2.77. The van der Waals surface area contributed by atoms with E-state index in [1.54, 1.807) is 25.3 Å². The third-order valence-corrected chi connectivity index (χ3v) is 3.28. The number of hydrogen-bond donors (Lipinski definition) is 1. The SMILES string of the molecule is COc1cc(C)c(C(O)c2ccccc2F)cc1C. The minimum atomic E-state index is -0.967. The van der Waals surface area contributed by atoms with Crippen molar-refractivity contribution in [3.8, 4) is 5.75 Å². The smallest absolute Gasteiger partial charge is 0.129 e. The summed E-state index contributed by atoms with van der Waals surface area (Å²) in [5.74, 6) is 0.366. The zero-order valence-electron chi connectivity index (χ0n) is 11.3. The molecular formula is C16H17FO2. The maximum absolute atomic E-state index is 13.7. The fraction of sp³-hybridized carbons (Fsp3) is 0.250. The van der Waals surface area contributed by atoms with Gasteiger partial charge in [-0.1, -0.05) is 18.2 Å². The molecule has 1 atom stereocenters. The second kappa shape index (κ2) is 5.41. The van der Waals surface area contributed by atoms with E-state index in [-0.39, 0.29) is 5.56 Å². The average molecular weight is 260 g/mol. The van der Waals surface area contributed by atoms with E-state index >= 15 is 0 Å². The molecule has 0 heterocycles. The number of hydrogen-bond acceptors (Lipinski definition) is 2. The molecule has 1 N–H and O–H groups in total. The second-order valence-electron chi connectivity index (χ2n) is 4.60. The lowest BCUT2D eigenvalue weighted by molar-refractivity contribution is 0.214. The first-order valence-electron chi connectivity index (χ1n) is 6.12. The van der Waals surface area contributed by atoms with Gasteiger partial charge in [0.25, 0.3) is 0 Å². The fourth-order valence-electron chi connectivity index (χ4n) is 2.19. The molecule has 0 aromatic heterocycles. The summed E-state index contributed by atoms with van der Waals surface area (Å²) in [6.07, 6.45) is -0.967. The Labute approximate surface area is 112 Å². The molecule has 2 aromatic rings. The van der Waals surface area contributed by atoms with Gasteiger partial charge in [-0.25, -0.2) is 4.39 Å². The van der Waals surface area contributed by atoms with E-state index in [0.717, 1.165) is 16.9 Å². The molecule has 19 heavy (non-hydrogen) atoms. The van der Waals surface area contributed by atoms with Crippen LogP contribution in [0.5, 0.6) is 5.75 Å². The van der Waals surface area contributed by atoms with E-state index in [1.807, 2.05) is 26.0 Å². The molecule has 0 saturated carbocycles. The van der Waals surface area contributed by atoms with Gasteiger partial charge < -0.3 is 9.84 Å². The fourth-order valence-corrected chi connectivity index (χ4v) is 2.19. The molecule has 2 aromatic carbocycles. The Balaban J connectivity index is 2.48. The van der Waals surface area contributed by atoms with Gasteiger partial charge in [0.05, 0.1) is 7.11 Å². The number of rotatable bonds is 3. The summed E-state index contributed by atoms with van der Waals surface area (Å²) in [6.45, 7) is 3.78. The number of methoxy groups -OCH3 is 1. The Morgan fingerprint density at radius 2 is 1.74 bits per heavy atom. The lowest BCUT2D eigenvalue weighted by Crippen LogP contribution is -2.05. The first-order chi connectivity index (χ1) is 9.04. The zero-order valence-corrected chi connectivity index (χ0v) is 11.3. The molecule has 0 spiro atoms. The van der Waals surface area contributed by atoms with Gasteiger partial charge >= 0.3 is 0 Å². The van der Waals surface area contributed by atoms with Crippen molar-refractivity contribution in [1.82, 2.24) is 0 Å². The van der Waals surface area contributed by atoms with Crippen LogP contribution in [-0.4, -0.2) is 12.2 Å². The van der Waals surface area contributed by atoms with Gasteiger partial charge in [0.1, 0.15) is 17.7 Å². The topological polar surface area (TPSA) is 29.5 Å². The van der Waals surface area contributed by atoms with Crippen LogP contribution in [0.2, 0.25) is 0 Å². The Bertz CT molecular complexity index is 593. The van der Waals surface area contributed by atoms with Gasteiger partial charge in [-0.3, -0.25) is 0 Å². The molecule has 0 aliphatic rings. The van der Waals surface area contributed by atoms with Crippen LogP contribution in [0.4, 0.5) is 4.39 Å². The minimum Gasteiger partial charge on any atom is -0.496 e. The van der Waals surface area contributed by atoms with Crippen molar-refractivity contribution in [2.45, 2.75) is 20.0 Å². The lowest BCUT2D eigenvalue weighted by atomic mass is 9.95. The quantitative estimate of drug-likeness (QED) is 0.914. The van der Waals surface area contributed by atoms with Crippen molar-refractivity contribution in [2.75, 3.05) is 7.11 Å². The molecule has 1 unspecified atom stereocenters. The highest BCUT2D eigenvalue weighted by Crippen LogP contribution is 2.31. The molecule has 100 valence electrons. The lowest BCUT2D eigenvalue weighted by Gasteiger charge is -2.17. The third kappa shape index (κ3) is 2.61. The van der Waals surface area contributed by atoms with Crippen LogP contribution in [0.3, 0.4) is 0 Å². The number of benzene rings is 2. The highest BCUT2D eigenvalue weighted by Gasteiger charge is 2.17. The van der Waals surface area contributed by atoms with Crippen LogP contribution < -0.4 is 4.74 Å². The van der Waals surface area contributed by atoms with Crippen LogP contribution in [-0.2, 0) is 0 Å². The van der Waals surface area contributed by atoms with E-state index in [1.165, 1.54) is 6.07 Å². The van der Waals surface area contributed by atoms with Gasteiger partial charge in [-0.05, 0) is 48.7 Å². The van der Waals surface area contributed by atoms with E-state index in [9.17, 15) is 9.50 Å². The Hall–Kier alpha value is -1.87. The number of ether oxygens (including phenoxy) is 1. The van der Waals surface area contributed by atoms with Crippen molar-refractivity contribution >= 4 is 0 Å². The Morgan fingerprint density at radius 3 is 2.37 bits per heavy atom. The van der Waals surface area contributed by atoms with Crippen LogP contribution in [0.15, 0.2) is 36.4 Å².